The fourth-order valence-electron chi connectivity index (χ4n) is 3.08. The van der Waals surface area contributed by atoms with Gasteiger partial charge in [-0.2, -0.15) is 8.78 Å². The summed E-state index contributed by atoms with van der Waals surface area (Å²) in [6, 6.07) is 7.97. The molecule has 5 nitrogen and oxygen atoms in total. The lowest BCUT2D eigenvalue weighted by molar-refractivity contribution is -0.0499. The lowest BCUT2D eigenvalue weighted by Crippen LogP contribution is -2.31. The van der Waals surface area contributed by atoms with Crippen LogP contribution in [0.2, 0.25) is 0 Å². The first kappa shape index (κ1) is 17.1. The highest BCUT2D eigenvalue weighted by Gasteiger charge is 2.24. The van der Waals surface area contributed by atoms with Gasteiger partial charge in [0.25, 0.3) is 5.91 Å². The summed E-state index contributed by atoms with van der Waals surface area (Å²) < 4.78 is 34.3. The van der Waals surface area contributed by atoms with Crippen LogP contribution in [0.3, 0.4) is 0 Å². The average Bonchev–Trinajstić information content (AvgIpc) is 2.61. The molecule has 0 radical (unpaired) electrons. The Morgan fingerprint density at radius 1 is 1.36 bits per heavy atom. The maximum Gasteiger partial charge on any atom is 0.387 e. The first-order valence-corrected chi connectivity index (χ1v) is 7.96. The number of halogens is 2. The van der Waals surface area contributed by atoms with Gasteiger partial charge in [-0.05, 0) is 54.7 Å². The van der Waals surface area contributed by atoms with E-state index in [4.69, 9.17) is 4.74 Å². The molecule has 1 amide bonds. The van der Waals surface area contributed by atoms with E-state index < -0.39 is 6.61 Å². The molecule has 1 aliphatic rings. The predicted molar refractivity (Wildman–Crippen MR) is 87.0 cm³/mol. The number of nitrogens with zero attached hydrogens (tertiary/aromatic N) is 1. The highest BCUT2D eigenvalue weighted by atomic mass is 19.3. The largest absolute Gasteiger partial charge is 0.480 e. The summed E-state index contributed by atoms with van der Waals surface area (Å²) in [6.07, 6.45) is 3.94. The van der Waals surface area contributed by atoms with Gasteiger partial charge in [-0.15, -0.1) is 0 Å². The normalized spacial score (nSPS) is 16.2. The number of hydrogen-bond donors (Lipinski definition) is 1. The minimum Gasteiger partial charge on any atom is -0.480 e. The number of carbonyl (C=O) groups is 1. The fraction of sp³-hybridized carbons (Fsp3) is 0.333. The van der Waals surface area contributed by atoms with Crippen LogP contribution >= 0.6 is 0 Å². The highest BCUT2D eigenvalue weighted by Crippen LogP contribution is 2.33. The lowest BCUT2D eigenvalue weighted by Gasteiger charge is -2.27. The van der Waals surface area contributed by atoms with Crippen molar-refractivity contribution in [3.05, 3.63) is 53.2 Å². The Kier molecular flexibility index (Phi) is 5.11. The molecule has 0 spiro atoms. The first-order valence-electron chi connectivity index (χ1n) is 7.96. The van der Waals surface area contributed by atoms with Crippen LogP contribution in [0, 0.1) is 0 Å². The number of methoxy groups -OCH3 is 1. The summed E-state index contributed by atoms with van der Waals surface area (Å²) in [5.41, 5.74) is 2.19. The lowest BCUT2D eigenvalue weighted by atomic mass is 9.87. The van der Waals surface area contributed by atoms with Gasteiger partial charge in [0.2, 0.25) is 5.88 Å². The van der Waals surface area contributed by atoms with E-state index in [1.54, 1.807) is 30.5 Å². The molecule has 0 aliphatic heterocycles. The van der Waals surface area contributed by atoms with Gasteiger partial charge in [0, 0.05) is 6.20 Å². The zero-order valence-corrected chi connectivity index (χ0v) is 13.7. The van der Waals surface area contributed by atoms with Crippen LogP contribution in [0.1, 0.15) is 40.4 Å². The molecule has 1 aliphatic carbocycles. The summed E-state index contributed by atoms with van der Waals surface area (Å²) in [5.74, 6) is 0.113. The molecule has 0 bridgehead atoms. The van der Waals surface area contributed by atoms with Crippen molar-refractivity contribution in [2.24, 2.45) is 0 Å². The Morgan fingerprint density at radius 3 is 2.96 bits per heavy atom. The quantitative estimate of drug-likeness (QED) is 0.898. The molecule has 0 unspecified atom stereocenters. The van der Waals surface area contributed by atoms with Gasteiger partial charge in [0.15, 0.2) is 0 Å². The fourth-order valence-corrected chi connectivity index (χ4v) is 3.08. The highest BCUT2D eigenvalue weighted by molar-refractivity contribution is 5.96. The van der Waals surface area contributed by atoms with Crippen LogP contribution in [-0.2, 0) is 6.42 Å². The number of carbonyl (C=O) groups excluding carboxylic acids is 1. The van der Waals surface area contributed by atoms with E-state index in [-0.39, 0.29) is 23.6 Å². The number of aryl methyl sites for hydroxylation is 1. The van der Waals surface area contributed by atoms with E-state index in [0.717, 1.165) is 30.4 Å². The van der Waals surface area contributed by atoms with Gasteiger partial charge in [-0.25, -0.2) is 4.98 Å². The van der Waals surface area contributed by atoms with Gasteiger partial charge in [0.1, 0.15) is 11.3 Å². The molecule has 7 heteroatoms. The first-order chi connectivity index (χ1) is 12.1. The van der Waals surface area contributed by atoms with Gasteiger partial charge >= 0.3 is 6.61 Å². The number of benzene rings is 1. The zero-order chi connectivity index (χ0) is 17.8. The molecule has 1 aromatic heterocycles. The third-order valence-electron chi connectivity index (χ3n) is 4.17. The number of pyridine rings is 1. The van der Waals surface area contributed by atoms with Crippen molar-refractivity contribution in [2.75, 3.05) is 7.11 Å². The zero-order valence-electron chi connectivity index (χ0n) is 13.7. The molecule has 2 aromatic rings. The molecular formula is C18H18F2N2O3. The maximum atomic E-state index is 12.6. The summed E-state index contributed by atoms with van der Waals surface area (Å²) in [5, 5.41) is 2.98. The van der Waals surface area contributed by atoms with E-state index in [9.17, 15) is 13.6 Å². The minimum absolute atomic E-state index is 0.134. The molecule has 0 saturated heterocycles. The second kappa shape index (κ2) is 7.46. The van der Waals surface area contributed by atoms with Crippen molar-refractivity contribution in [3.8, 4) is 11.6 Å². The summed E-state index contributed by atoms with van der Waals surface area (Å²) in [6.45, 7) is -2.85. The molecule has 1 aromatic carbocycles. The van der Waals surface area contributed by atoms with Crippen LogP contribution in [0.15, 0.2) is 36.5 Å². The van der Waals surface area contributed by atoms with Gasteiger partial charge in [-0.3, -0.25) is 4.79 Å². The number of fused-ring (bicyclic) bond motifs is 1. The van der Waals surface area contributed by atoms with Crippen LogP contribution < -0.4 is 14.8 Å². The van der Waals surface area contributed by atoms with Crippen LogP contribution in [-0.4, -0.2) is 24.6 Å². The summed E-state index contributed by atoms with van der Waals surface area (Å²) >= 11 is 0. The number of nitrogens with one attached hydrogen (secondary N) is 1. The molecule has 0 fully saturated rings. The van der Waals surface area contributed by atoms with Gasteiger partial charge in [0.05, 0.1) is 13.2 Å². The topological polar surface area (TPSA) is 60.5 Å². The van der Waals surface area contributed by atoms with E-state index >= 15 is 0 Å². The second-order valence-corrected chi connectivity index (χ2v) is 5.72. The molecule has 0 saturated carbocycles. The van der Waals surface area contributed by atoms with Crippen molar-refractivity contribution in [1.29, 1.82) is 0 Å². The Hall–Kier alpha value is -2.70. The smallest absolute Gasteiger partial charge is 0.387 e. The van der Waals surface area contributed by atoms with Gasteiger partial charge < -0.3 is 14.8 Å². The number of alkyl halides is 2. The number of rotatable bonds is 5. The predicted octanol–water partition coefficient (Wildman–Crippen LogP) is 3.50. The summed E-state index contributed by atoms with van der Waals surface area (Å²) in [7, 11) is 1.46. The van der Waals surface area contributed by atoms with Crippen molar-refractivity contribution in [3.63, 3.8) is 0 Å². The third-order valence-corrected chi connectivity index (χ3v) is 4.17. The van der Waals surface area contributed by atoms with E-state index in [1.807, 2.05) is 0 Å². The molecule has 132 valence electrons. The van der Waals surface area contributed by atoms with Crippen LogP contribution in [0.4, 0.5) is 8.78 Å². The number of amides is 1. The van der Waals surface area contributed by atoms with Crippen LogP contribution in [0.5, 0.6) is 11.6 Å². The molecule has 3 rings (SSSR count). The van der Waals surface area contributed by atoms with Gasteiger partial charge in [-0.1, -0.05) is 6.07 Å². The maximum absolute atomic E-state index is 12.6. The average molecular weight is 348 g/mol. The summed E-state index contributed by atoms with van der Waals surface area (Å²) in [4.78, 5) is 16.6. The van der Waals surface area contributed by atoms with Crippen molar-refractivity contribution >= 4 is 5.91 Å². The Bertz CT molecular complexity index is 768. The van der Waals surface area contributed by atoms with E-state index in [0.29, 0.717) is 5.56 Å². The second-order valence-electron chi connectivity index (χ2n) is 5.72. The van der Waals surface area contributed by atoms with E-state index in [1.165, 1.54) is 13.2 Å². The Labute approximate surface area is 144 Å². The number of ether oxygens (including phenoxy) is 2. The molecule has 25 heavy (non-hydrogen) atoms. The minimum atomic E-state index is -2.85. The molecule has 1 heterocycles. The SMILES string of the molecule is COc1ncccc1C(=O)N[C@@H]1CCCc2cc(OC(F)F)ccc21. The van der Waals surface area contributed by atoms with Crippen LogP contribution in [0.25, 0.3) is 0 Å². The van der Waals surface area contributed by atoms with E-state index in [2.05, 4.69) is 15.0 Å². The molecule has 1 N–H and O–H groups in total. The Morgan fingerprint density at radius 2 is 2.20 bits per heavy atom. The Balaban J connectivity index is 1.80. The molecular weight excluding hydrogens is 330 g/mol. The van der Waals surface area contributed by atoms with Crippen molar-refractivity contribution in [2.45, 2.75) is 31.9 Å². The van der Waals surface area contributed by atoms with Crippen molar-refractivity contribution < 1.29 is 23.0 Å². The molecule has 1 atom stereocenters. The standard InChI is InChI=1S/C18H18F2N2O3/c1-24-17-14(5-3-9-21-17)16(23)22-15-6-2-4-11-10-12(25-18(19)20)7-8-13(11)15/h3,5,7-10,15,18H,2,4,6H2,1H3,(H,22,23)/t15-/m1/s1. The third kappa shape index (κ3) is 3.87. The number of aromatic nitrogens is 1. The number of hydrogen-bond acceptors (Lipinski definition) is 4. The van der Waals surface area contributed by atoms with Crippen molar-refractivity contribution in [1.82, 2.24) is 10.3 Å². The monoisotopic (exact) mass is 348 g/mol.